The van der Waals surface area contributed by atoms with Gasteiger partial charge in [-0.3, -0.25) is 9.20 Å². The van der Waals surface area contributed by atoms with E-state index in [4.69, 9.17) is 15.5 Å². The summed E-state index contributed by atoms with van der Waals surface area (Å²) in [6.07, 6.45) is 6.15. The molecule has 1 aliphatic carbocycles. The van der Waals surface area contributed by atoms with E-state index < -0.39 is 6.55 Å². The molecule has 2 N–H and O–H groups in total. The second kappa shape index (κ2) is 9.74. The molecule has 0 aromatic carbocycles. The smallest absolute Gasteiger partial charge is 0.325 e. The van der Waals surface area contributed by atoms with Gasteiger partial charge in [0.15, 0.2) is 5.88 Å². The first kappa shape index (κ1) is 25.5. The fraction of sp³-hybridized carbons (Fsp3) is 0.370. The van der Waals surface area contributed by atoms with Crippen molar-refractivity contribution in [2.24, 2.45) is 11.7 Å². The summed E-state index contributed by atoms with van der Waals surface area (Å²) in [4.78, 5) is 24.4. The van der Waals surface area contributed by atoms with Crippen LogP contribution in [0.1, 0.15) is 35.3 Å². The Kier molecular flexibility index (Phi) is 6.37. The third-order valence-corrected chi connectivity index (χ3v) is 8.05. The van der Waals surface area contributed by atoms with Gasteiger partial charge < -0.3 is 19.9 Å². The first-order valence-electron chi connectivity index (χ1n) is 12.8. The van der Waals surface area contributed by atoms with Crippen molar-refractivity contribution >= 4 is 40.4 Å². The van der Waals surface area contributed by atoms with Gasteiger partial charge in [-0.2, -0.15) is 8.78 Å². The van der Waals surface area contributed by atoms with Crippen LogP contribution in [0, 0.1) is 12.8 Å². The number of anilines is 1. The Labute approximate surface area is 228 Å². The number of hydrogen-bond donors (Lipinski definition) is 1. The molecule has 0 unspecified atom stereocenters. The summed E-state index contributed by atoms with van der Waals surface area (Å²) in [5, 5.41) is 0.849. The molecular weight excluding hydrogens is 524 g/mol. The quantitative estimate of drug-likeness (QED) is 0.242. The summed E-state index contributed by atoms with van der Waals surface area (Å²) in [5.74, 6) is 1.03. The van der Waals surface area contributed by atoms with Crippen molar-refractivity contribution in [3.05, 3.63) is 53.5 Å². The Hall–Kier alpha value is -3.80. The number of amides is 1. The molecule has 0 saturated heterocycles. The van der Waals surface area contributed by atoms with E-state index in [-0.39, 0.29) is 11.7 Å². The highest BCUT2D eigenvalue weighted by molar-refractivity contribution is 7.99. The molecule has 1 saturated carbocycles. The topological polar surface area (TPSA) is 93.9 Å². The SMILES string of the molecule is COc1cc(C(=O)N2C=C(N)CC2)cc2nc(-c3cc4ccc(N(SC)C(F)F)nc4n3CC3CC3)c(C)n12. The third-order valence-electron chi connectivity index (χ3n) is 7.31. The number of ether oxygens (including phenoxy) is 1. The minimum atomic E-state index is -2.67. The molecule has 0 radical (unpaired) electrons. The molecule has 0 atom stereocenters. The molecular formula is C27H29F2N7O2S. The highest BCUT2D eigenvalue weighted by Gasteiger charge is 2.28. The minimum absolute atomic E-state index is 0.171. The predicted molar refractivity (Wildman–Crippen MR) is 148 cm³/mol. The number of alkyl halides is 2. The Bertz CT molecular complexity index is 1630. The zero-order chi connectivity index (χ0) is 27.4. The van der Waals surface area contributed by atoms with Crippen LogP contribution in [0.15, 0.2) is 42.2 Å². The Morgan fingerprint density at radius 3 is 2.69 bits per heavy atom. The van der Waals surface area contributed by atoms with Gasteiger partial charge in [-0.05, 0) is 61.9 Å². The molecule has 1 fully saturated rings. The highest BCUT2D eigenvalue weighted by Crippen LogP contribution is 2.38. The number of methoxy groups -OCH3 is 1. The Morgan fingerprint density at radius 1 is 1.26 bits per heavy atom. The van der Waals surface area contributed by atoms with Crippen molar-refractivity contribution in [2.75, 3.05) is 24.2 Å². The number of nitrogens with zero attached hydrogens (tertiary/aromatic N) is 6. The number of carbonyl (C=O) groups is 1. The van der Waals surface area contributed by atoms with Crippen molar-refractivity contribution in [3.8, 4) is 17.3 Å². The van der Waals surface area contributed by atoms with Gasteiger partial charge in [0, 0.05) is 54.7 Å². The monoisotopic (exact) mass is 553 g/mol. The van der Waals surface area contributed by atoms with Gasteiger partial charge in [-0.15, -0.1) is 0 Å². The maximum absolute atomic E-state index is 13.6. The van der Waals surface area contributed by atoms with Crippen molar-refractivity contribution in [1.82, 2.24) is 23.8 Å². The molecule has 6 rings (SSSR count). The summed E-state index contributed by atoms with van der Waals surface area (Å²) in [6.45, 7) is 0.536. The first-order chi connectivity index (χ1) is 18.8. The van der Waals surface area contributed by atoms with Crippen LogP contribution < -0.4 is 14.8 Å². The minimum Gasteiger partial charge on any atom is -0.482 e. The van der Waals surface area contributed by atoms with E-state index in [1.54, 1.807) is 42.7 Å². The van der Waals surface area contributed by atoms with Crippen molar-refractivity contribution in [1.29, 1.82) is 0 Å². The molecule has 39 heavy (non-hydrogen) atoms. The van der Waals surface area contributed by atoms with Gasteiger partial charge in [-0.25, -0.2) is 14.3 Å². The first-order valence-corrected chi connectivity index (χ1v) is 13.9. The molecule has 204 valence electrons. The largest absolute Gasteiger partial charge is 0.482 e. The summed E-state index contributed by atoms with van der Waals surface area (Å²) >= 11 is 0.938. The number of aryl methyl sites for hydroxylation is 1. The summed E-state index contributed by atoms with van der Waals surface area (Å²) in [7, 11) is 1.56. The van der Waals surface area contributed by atoms with Crippen LogP contribution in [-0.4, -0.2) is 56.2 Å². The number of aromatic nitrogens is 4. The average Bonchev–Trinajstić information content (AvgIpc) is 3.39. The fourth-order valence-electron chi connectivity index (χ4n) is 5.15. The maximum Gasteiger partial charge on any atom is 0.325 e. The Balaban J connectivity index is 1.49. The van der Waals surface area contributed by atoms with Gasteiger partial charge in [0.05, 0.1) is 18.5 Å². The molecule has 2 aliphatic rings. The number of pyridine rings is 2. The van der Waals surface area contributed by atoms with E-state index in [9.17, 15) is 13.6 Å². The van der Waals surface area contributed by atoms with Crippen LogP contribution in [0.4, 0.5) is 14.6 Å². The number of imidazole rings is 1. The lowest BCUT2D eigenvalue weighted by Crippen LogP contribution is -2.23. The van der Waals surface area contributed by atoms with Crippen LogP contribution in [0.3, 0.4) is 0 Å². The third kappa shape index (κ3) is 4.46. The summed E-state index contributed by atoms with van der Waals surface area (Å²) in [5.41, 5.74) is 10.6. The number of nitrogens with two attached hydrogens (primary N) is 1. The zero-order valence-corrected chi connectivity index (χ0v) is 22.7. The lowest BCUT2D eigenvalue weighted by Gasteiger charge is -2.19. The molecule has 0 spiro atoms. The predicted octanol–water partition coefficient (Wildman–Crippen LogP) is 5.03. The molecule has 1 amide bonds. The van der Waals surface area contributed by atoms with E-state index in [0.717, 1.165) is 58.1 Å². The lowest BCUT2D eigenvalue weighted by atomic mass is 10.2. The average molecular weight is 554 g/mol. The van der Waals surface area contributed by atoms with Crippen LogP contribution in [0.5, 0.6) is 5.88 Å². The van der Waals surface area contributed by atoms with Gasteiger partial charge >= 0.3 is 6.55 Å². The van der Waals surface area contributed by atoms with E-state index in [2.05, 4.69) is 9.55 Å². The van der Waals surface area contributed by atoms with Crippen molar-refractivity contribution < 1.29 is 18.3 Å². The lowest BCUT2D eigenvalue weighted by molar-refractivity contribution is 0.0832. The molecule has 4 aromatic rings. The zero-order valence-electron chi connectivity index (χ0n) is 21.9. The van der Waals surface area contributed by atoms with Gasteiger partial charge in [0.25, 0.3) is 5.91 Å². The normalized spacial score (nSPS) is 15.5. The van der Waals surface area contributed by atoms with E-state index in [1.807, 2.05) is 23.5 Å². The highest BCUT2D eigenvalue weighted by atomic mass is 32.2. The van der Waals surface area contributed by atoms with E-state index in [1.165, 1.54) is 0 Å². The number of fused-ring (bicyclic) bond motifs is 2. The van der Waals surface area contributed by atoms with Crippen molar-refractivity contribution in [3.63, 3.8) is 0 Å². The number of hydrogen-bond acceptors (Lipinski definition) is 7. The molecule has 12 heteroatoms. The fourth-order valence-corrected chi connectivity index (χ4v) is 5.60. The number of carbonyl (C=O) groups excluding carboxylic acids is 1. The van der Waals surface area contributed by atoms with Crippen LogP contribution in [0.25, 0.3) is 28.1 Å². The van der Waals surface area contributed by atoms with Gasteiger partial charge in [0.2, 0.25) is 0 Å². The number of rotatable bonds is 8. The second-order valence-electron chi connectivity index (χ2n) is 9.93. The summed E-state index contributed by atoms with van der Waals surface area (Å²) < 4.78 is 37.8. The molecule has 9 nitrogen and oxygen atoms in total. The van der Waals surface area contributed by atoms with Crippen molar-refractivity contribution in [2.45, 2.75) is 39.3 Å². The van der Waals surface area contributed by atoms with Crippen LogP contribution >= 0.6 is 11.9 Å². The van der Waals surface area contributed by atoms with E-state index in [0.29, 0.717) is 47.3 Å². The summed E-state index contributed by atoms with van der Waals surface area (Å²) in [6, 6.07) is 8.92. The standard InChI is InChI=1S/C27H29F2N7O2S/c1-15-24(31-22-11-18(12-23(38-2)35(15)22)26(37)33-9-8-19(30)14-33)20-10-17-6-7-21(36(39-3)27(28)29)32-25(17)34(20)13-16-4-5-16/h6-7,10-12,14,16,27H,4-5,8-9,13,30H2,1-3H3. The maximum atomic E-state index is 13.6. The number of halogens is 2. The molecule has 0 bridgehead atoms. The molecule has 1 aliphatic heterocycles. The van der Waals surface area contributed by atoms with Gasteiger partial charge in [0.1, 0.15) is 22.8 Å². The second-order valence-corrected chi connectivity index (χ2v) is 10.7. The van der Waals surface area contributed by atoms with E-state index >= 15 is 0 Å². The molecule has 4 aromatic heterocycles. The van der Waals surface area contributed by atoms with Crippen LogP contribution in [0.2, 0.25) is 0 Å². The molecule has 5 heterocycles. The van der Waals surface area contributed by atoms with Crippen LogP contribution in [-0.2, 0) is 6.54 Å². The van der Waals surface area contributed by atoms with Gasteiger partial charge in [-0.1, -0.05) is 0 Å². The Morgan fingerprint density at radius 2 is 2.05 bits per heavy atom.